The van der Waals surface area contributed by atoms with Crippen LogP contribution < -0.4 is 0 Å². The first-order chi connectivity index (χ1) is 10.2. The van der Waals surface area contributed by atoms with E-state index in [9.17, 15) is 9.50 Å². The number of aromatic nitrogens is 2. The summed E-state index contributed by atoms with van der Waals surface area (Å²) >= 11 is 0. The molecule has 5 heteroatoms. The van der Waals surface area contributed by atoms with Crippen LogP contribution in [0.2, 0.25) is 0 Å². The number of benzene rings is 1. The molecule has 1 saturated heterocycles. The summed E-state index contributed by atoms with van der Waals surface area (Å²) in [5.74, 6) is 0.0298. The Morgan fingerprint density at radius 2 is 2.10 bits per heavy atom. The minimum Gasteiger partial charge on any atom is -0.391 e. The molecule has 3 rings (SSSR count). The predicted molar refractivity (Wildman–Crippen MR) is 78.1 cm³/mol. The van der Waals surface area contributed by atoms with Crippen LogP contribution in [-0.4, -0.2) is 39.4 Å². The second kappa shape index (κ2) is 6.37. The van der Waals surface area contributed by atoms with Gasteiger partial charge in [0.05, 0.1) is 6.10 Å². The summed E-state index contributed by atoms with van der Waals surface area (Å²) < 4.78 is 12.9. The molecule has 2 heterocycles. The predicted octanol–water partition coefficient (Wildman–Crippen LogP) is 1.97. The van der Waals surface area contributed by atoms with Gasteiger partial charge >= 0.3 is 0 Å². The average molecular weight is 289 g/mol. The largest absolute Gasteiger partial charge is 0.391 e. The van der Waals surface area contributed by atoms with Gasteiger partial charge in [0.25, 0.3) is 0 Å². The summed E-state index contributed by atoms with van der Waals surface area (Å²) in [7, 11) is 0. The highest BCUT2D eigenvalue weighted by molar-refractivity contribution is 5.17. The number of piperidine rings is 1. The zero-order valence-electron chi connectivity index (χ0n) is 11.9. The molecule has 1 aromatic heterocycles. The number of hydrogen-bond donors (Lipinski definition) is 2. The number of aromatic amines is 1. The summed E-state index contributed by atoms with van der Waals surface area (Å²) in [6, 6.07) is 8.53. The molecule has 0 radical (unpaired) electrons. The molecule has 2 atom stereocenters. The van der Waals surface area contributed by atoms with E-state index in [2.05, 4.69) is 15.1 Å². The molecule has 0 amide bonds. The number of aliphatic hydroxyl groups excluding tert-OH is 1. The van der Waals surface area contributed by atoms with Crippen molar-refractivity contribution < 1.29 is 9.50 Å². The second-order valence-electron chi connectivity index (χ2n) is 5.76. The number of aliphatic hydroxyl groups is 1. The van der Waals surface area contributed by atoms with Crippen LogP contribution in [0.15, 0.2) is 36.5 Å². The van der Waals surface area contributed by atoms with E-state index in [1.54, 1.807) is 18.3 Å². The molecule has 0 spiro atoms. The average Bonchev–Trinajstić information content (AvgIpc) is 2.97. The molecule has 0 saturated carbocycles. The van der Waals surface area contributed by atoms with Crippen molar-refractivity contribution in [2.24, 2.45) is 5.92 Å². The molecule has 1 aromatic carbocycles. The Bertz CT molecular complexity index is 555. The van der Waals surface area contributed by atoms with E-state index in [-0.39, 0.29) is 17.8 Å². The van der Waals surface area contributed by atoms with Crippen LogP contribution in [0.5, 0.6) is 0 Å². The van der Waals surface area contributed by atoms with Gasteiger partial charge in [0.15, 0.2) is 0 Å². The van der Waals surface area contributed by atoms with E-state index in [1.807, 2.05) is 6.07 Å². The lowest BCUT2D eigenvalue weighted by molar-refractivity contribution is 0.0183. The van der Waals surface area contributed by atoms with Gasteiger partial charge in [-0.25, -0.2) is 4.39 Å². The zero-order valence-corrected chi connectivity index (χ0v) is 11.9. The molecule has 112 valence electrons. The molecule has 1 aliphatic rings. The Kier molecular flexibility index (Phi) is 4.31. The molecule has 0 bridgehead atoms. The van der Waals surface area contributed by atoms with Gasteiger partial charge < -0.3 is 5.11 Å². The van der Waals surface area contributed by atoms with Gasteiger partial charge in [-0.1, -0.05) is 12.1 Å². The van der Waals surface area contributed by atoms with Crippen molar-refractivity contribution in [1.29, 1.82) is 0 Å². The lowest BCUT2D eigenvalue weighted by Crippen LogP contribution is -2.44. The van der Waals surface area contributed by atoms with Crippen LogP contribution in [0.4, 0.5) is 4.39 Å². The minimum absolute atomic E-state index is 0.214. The molecular weight excluding hydrogens is 269 g/mol. The molecular formula is C16H20FN3O. The first kappa shape index (κ1) is 14.2. The fourth-order valence-corrected chi connectivity index (χ4v) is 2.96. The van der Waals surface area contributed by atoms with Crippen LogP contribution >= 0.6 is 0 Å². The quantitative estimate of drug-likeness (QED) is 0.905. The maximum atomic E-state index is 12.9. The van der Waals surface area contributed by atoms with E-state index < -0.39 is 0 Å². The van der Waals surface area contributed by atoms with E-state index in [1.165, 1.54) is 12.1 Å². The molecule has 4 nitrogen and oxygen atoms in total. The first-order valence-electron chi connectivity index (χ1n) is 7.34. The molecule has 0 unspecified atom stereocenters. The van der Waals surface area contributed by atoms with E-state index in [0.29, 0.717) is 6.54 Å². The van der Waals surface area contributed by atoms with Crippen LogP contribution in [0.3, 0.4) is 0 Å². The number of nitrogens with one attached hydrogen (secondary N) is 1. The summed E-state index contributed by atoms with van der Waals surface area (Å²) in [5, 5.41) is 17.2. The number of halogens is 1. The fraction of sp³-hybridized carbons (Fsp3) is 0.438. The molecule has 2 aromatic rings. The van der Waals surface area contributed by atoms with Gasteiger partial charge in [-0.15, -0.1) is 0 Å². The summed E-state index contributed by atoms with van der Waals surface area (Å²) in [6.07, 6.45) is 3.16. The Morgan fingerprint density at radius 1 is 1.29 bits per heavy atom. The van der Waals surface area contributed by atoms with Crippen molar-refractivity contribution in [2.75, 3.05) is 13.1 Å². The number of H-pyrrole nitrogens is 1. The summed E-state index contributed by atoms with van der Waals surface area (Å²) in [4.78, 5) is 2.24. The van der Waals surface area contributed by atoms with Gasteiger partial charge in [-0.3, -0.25) is 10.00 Å². The van der Waals surface area contributed by atoms with Crippen LogP contribution in [0.25, 0.3) is 0 Å². The molecule has 1 aliphatic heterocycles. The number of likely N-dealkylation sites (tertiary alicyclic amines) is 1. The van der Waals surface area contributed by atoms with Crippen molar-refractivity contribution in [2.45, 2.75) is 25.5 Å². The van der Waals surface area contributed by atoms with Crippen molar-refractivity contribution >= 4 is 0 Å². The smallest absolute Gasteiger partial charge is 0.123 e. The highest BCUT2D eigenvalue weighted by Gasteiger charge is 2.27. The van der Waals surface area contributed by atoms with Gasteiger partial charge in [0.1, 0.15) is 5.82 Å². The fourth-order valence-electron chi connectivity index (χ4n) is 2.96. The third kappa shape index (κ3) is 3.68. The zero-order chi connectivity index (χ0) is 14.7. The van der Waals surface area contributed by atoms with Gasteiger partial charge in [0, 0.05) is 25.0 Å². The normalized spacial score (nSPS) is 23.3. The van der Waals surface area contributed by atoms with E-state index in [0.717, 1.165) is 37.2 Å². The standard InChI is InChI=1S/C16H20FN3O/c17-14-3-1-12(2-4-14)9-13-6-8-20(11-16(13)21)10-15-5-7-18-19-15/h1-5,7,13,16,21H,6,8-11H2,(H,18,19)/t13-,16+/m1/s1. The monoisotopic (exact) mass is 289 g/mol. The maximum Gasteiger partial charge on any atom is 0.123 e. The highest BCUT2D eigenvalue weighted by atomic mass is 19.1. The van der Waals surface area contributed by atoms with Crippen LogP contribution in [0, 0.1) is 11.7 Å². The molecule has 1 fully saturated rings. The Morgan fingerprint density at radius 3 is 2.76 bits per heavy atom. The van der Waals surface area contributed by atoms with Crippen LogP contribution in [-0.2, 0) is 13.0 Å². The topological polar surface area (TPSA) is 52.1 Å². The summed E-state index contributed by atoms with van der Waals surface area (Å²) in [6.45, 7) is 2.42. The maximum absolute atomic E-state index is 12.9. The van der Waals surface area contributed by atoms with Crippen molar-refractivity contribution in [1.82, 2.24) is 15.1 Å². The molecule has 21 heavy (non-hydrogen) atoms. The summed E-state index contributed by atoms with van der Waals surface area (Å²) in [5.41, 5.74) is 2.15. The van der Waals surface area contributed by atoms with Gasteiger partial charge in [-0.2, -0.15) is 5.10 Å². The number of hydrogen-bond acceptors (Lipinski definition) is 3. The number of β-amino-alcohol motifs (C(OH)–C–C–N with tert-alkyl or cyclic N) is 1. The van der Waals surface area contributed by atoms with Crippen molar-refractivity contribution in [3.8, 4) is 0 Å². The third-order valence-corrected chi connectivity index (χ3v) is 4.17. The first-order valence-corrected chi connectivity index (χ1v) is 7.34. The second-order valence-corrected chi connectivity index (χ2v) is 5.76. The molecule has 0 aliphatic carbocycles. The third-order valence-electron chi connectivity index (χ3n) is 4.17. The van der Waals surface area contributed by atoms with Gasteiger partial charge in [0.2, 0.25) is 0 Å². The van der Waals surface area contributed by atoms with Crippen molar-refractivity contribution in [3.63, 3.8) is 0 Å². The Labute approximate surface area is 123 Å². The SMILES string of the molecule is O[C@H]1CN(Cc2ccn[nH]2)CC[C@@H]1Cc1ccc(F)cc1. The minimum atomic E-state index is -0.341. The lowest BCUT2D eigenvalue weighted by Gasteiger charge is -2.35. The lowest BCUT2D eigenvalue weighted by atomic mass is 9.88. The Hall–Kier alpha value is -1.72. The van der Waals surface area contributed by atoms with Crippen LogP contribution in [0.1, 0.15) is 17.7 Å². The molecule has 2 N–H and O–H groups in total. The van der Waals surface area contributed by atoms with Gasteiger partial charge in [-0.05, 0) is 49.1 Å². The highest BCUT2D eigenvalue weighted by Crippen LogP contribution is 2.23. The Balaban J connectivity index is 1.54. The van der Waals surface area contributed by atoms with Crippen molar-refractivity contribution in [3.05, 3.63) is 53.6 Å². The van der Waals surface area contributed by atoms with E-state index >= 15 is 0 Å². The number of rotatable bonds is 4. The van der Waals surface area contributed by atoms with E-state index in [4.69, 9.17) is 0 Å². The number of nitrogens with zero attached hydrogens (tertiary/aromatic N) is 2.